The smallest absolute Gasteiger partial charge is 0.462 e. The van der Waals surface area contributed by atoms with Crippen LogP contribution in [-0.4, -0.2) is 49.3 Å². The van der Waals surface area contributed by atoms with Crippen LogP contribution >= 0.6 is 7.82 Å². The zero-order chi connectivity index (χ0) is 67.2. The molecule has 10 heteroatoms. The Bertz CT molecular complexity index is 2230. The van der Waals surface area contributed by atoms with Gasteiger partial charge in [-0.3, -0.25) is 18.6 Å². The van der Waals surface area contributed by atoms with Crippen LogP contribution in [0.5, 0.6) is 0 Å². The molecule has 0 aliphatic heterocycles. The highest BCUT2D eigenvalue weighted by atomic mass is 31.2. The van der Waals surface area contributed by atoms with E-state index in [1.54, 1.807) is 0 Å². The van der Waals surface area contributed by atoms with Crippen molar-refractivity contribution in [3.05, 3.63) is 194 Å². The van der Waals surface area contributed by atoms with Crippen LogP contribution in [0.4, 0.5) is 0 Å². The van der Waals surface area contributed by atoms with Gasteiger partial charge in [0.05, 0.1) is 13.2 Å². The van der Waals surface area contributed by atoms with Crippen LogP contribution < -0.4 is 5.73 Å². The summed E-state index contributed by atoms with van der Waals surface area (Å²) in [7, 11) is -4.41. The number of rotatable bonds is 67. The summed E-state index contributed by atoms with van der Waals surface area (Å²) < 4.78 is 33.2. The topological polar surface area (TPSA) is 134 Å². The van der Waals surface area contributed by atoms with E-state index < -0.39 is 32.5 Å². The molecule has 0 aliphatic rings. The molecule has 0 spiro atoms. The Morgan fingerprint density at radius 3 is 0.828 bits per heavy atom. The third kappa shape index (κ3) is 75.8. The molecule has 0 aromatic carbocycles. The monoisotopic (exact) mass is 1300 g/mol. The molecule has 0 bridgehead atoms. The van der Waals surface area contributed by atoms with Crippen LogP contribution in [0.3, 0.4) is 0 Å². The van der Waals surface area contributed by atoms with Gasteiger partial charge < -0.3 is 20.1 Å². The summed E-state index contributed by atoms with van der Waals surface area (Å²) >= 11 is 0. The molecule has 0 aromatic heterocycles. The lowest BCUT2D eigenvalue weighted by atomic mass is 10.0. The number of carbonyl (C=O) groups is 2. The molecular weight excluding hydrogens is 1170 g/mol. The Hall–Kier alpha value is -5.15. The number of phosphoric acid groups is 1. The SMILES string of the molecule is CC/C=C\C/C=C\C/C=C\C/C=C\C/C=C\C/C=C\C/C=C\C/C=C\CCCCCCCCCCCCCCCCC(=O)OC(COC(=O)CCCCCCCCCC/C=C\C/C=C\C/C=C\C/C=C\C/C=C\C/C=C\C/C=C\C/C=C\CC)COP(=O)(O)OCCN. The van der Waals surface area contributed by atoms with Crippen molar-refractivity contribution in [2.45, 2.75) is 290 Å². The number of ether oxygens (including phenoxy) is 2. The third-order valence-corrected chi connectivity index (χ3v) is 16.0. The van der Waals surface area contributed by atoms with Crippen molar-refractivity contribution in [1.29, 1.82) is 0 Å². The molecule has 0 aliphatic carbocycles. The van der Waals surface area contributed by atoms with E-state index >= 15 is 0 Å². The first kappa shape index (κ1) is 87.9. The zero-order valence-corrected chi connectivity index (χ0v) is 59.8. The standard InChI is InChI=1S/C83H134NO8P/c1-3-5-7-9-11-13-15-17-19-21-23-25-27-29-31-33-35-37-38-39-40-41-42-44-46-48-50-52-54-56-58-60-62-64-66-68-70-72-74-76-83(86)92-81(80-91-93(87,88)90-78-77-84)79-89-82(85)75-73-71-69-67-65-63-61-59-57-55-53-51-49-47-45-43-36-34-32-30-28-26-24-22-20-18-16-14-12-10-8-6-4-2/h5-8,11-14,17-20,23-26,29-32,35-37,39-40,42-44,47,49,53,55,81H,3-4,9-10,15-16,21-22,27-28,33-34,38,41,45-46,48,50-52,54,56-80,84H2,1-2H3,(H,87,88)/b7-5-,8-6-,13-11-,14-12-,19-17-,20-18-,25-23-,26-24-,31-29-,32-30-,37-35-,40-39-,43-36-,44-42-,49-47-,55-53-. The second-order valence-electron chi connectivity index (χ2n) is 23.7. The predicted octanol–water partition coefficient (Wildman–Crippen LogP) is 24.9. The fourth-order valence-corrected chi connectivity index (χ4v) is 10.4. The highest BCUT2D eigenvalue weighted by molar-refractivity contribution is 7.47. The normalized spacial score (nSPS) is 14.1. The molecule has 2 unspecified atom stereocenters. The molecule has 3 N–H and O–H groups in total. The minimum Gasteiger partial charge on any atom is -0.462 e. The summed E-state index contributed by atoms with van der Waals surface area (Å²) in [6.07, 6.45) is 115. The van der Waals surface area contributed by atoms with Gasteiger partial charge in [0.2, 0.25) is 0 Å². The van der Waals surface area contributed by atoms with Gasteiger partial charge in [-0.15, -0.1) is 0 Å². The molecule has 0 aromatic rings. The summed E-state index contributed by atoms with van der Waals surface area (Å²) in [5.41, 5.74) is 5.41. The van der Waals surface area contributed by atoms with E-state index in [9.17, 15) is 19.0 Å². The van der Waals surface area contributed by atoms with Gasteiger partial charge in [-0.25, -0.2) is 4.57 Å². The fourth-order valence-electron chi connectivity index (χ4n) is 9.61. The van der Waals surface area contributed by atoms with E-state index in [0.29, 0.717) is 12.8 Å². The Labute approximate surface area is 570 Å². The maximum absolute atomic E-state index is 12.8. The number of carbonyl (C=O) groups excluding carboxylic acids is 2. The second-order valence-corrected chi connectivity index (χ2v) is 25.1. The first-order valence-corrected chi connectivity index (χ1v) is 38.4. The van der Waals surface area contributed by atoms with Gasteiger partial charge >= 0.3 is 19.8 Å². The Kier molecular flexibility index (Phi) is 71.7. The molecule has 93 heavy (non-hydrogen) atoms. The molecule has 524 valence electrons. The zero-order valence-electron chi connectivity index (χ0n) is 58.9. The number of nitrogens with two attached hydrogens (primary N) is 1. The minimum atomic E-state index is -4.41. The maximum Gasteiger partial charge on any atom is 0.472 e. The third-order valence-electron chi connectivity index (χ3n) is 15.0. The van der Waals surface area contributed by atoms with E-state index in [-0.39, 0.29) is 32.6 Å². The predicted molar refractivity (Wildman–Crippen MR) is 403 cm³/mol. The van der Waals surface area contributed by atoms with Gasteiger partial charge in [-0.1, -0.05) is 324 Å². The van der Waals surface area contributed by atoms with Gasteiger partial charge in [0.1, 0.15) is 6.61 Å². The molecule has 9 nitrogen and oxygen atoms in total. The molecule has 0 saturated heterocycles. The van der Waals surface area contributed by atoms with Crippen molar-refractivity contribution in [3.8, 4) is 0 Å². The van der Waals surface area contributed by atoms with Gasteiger partial charge in [-0.2, -0.15) is 0 Å². The number of esters is 2. The van der Waals surface area contributed by atoms with E-state index in [1.807, 2.05) is 0 Å². The van der Waals surface area contributed by atoms with E-state index in [0.717, 1.165) is 148 Å². The molecule has 2 atom stereocenters. The number of allylic oxidation sites excluding steroid dienone is 32. The average molecular weight is 1300 g/mol. The van der Waals surface area contributed by atoms with Crippen LogP contribution in [0.15, 0.2) is 194 Å². The van der Waals surface area contributed by atoms with Crippen molar-refractivity contribution in [2.75, 3.05) is 26.4 Å². The van der Waals surface area contributed by atoms with Crippen molar-refractivity contribution in [1.82, 2.24) is 0 Å². The van der Waals surface area contributed by atoms with Crippen LogP contribution in [0.1, 0.15) is 284 Å². The quantitative estimate of drug-likeness (QED) is 0.0264. The minimum absolute atomic E-state index is 0.0434. The van der Waals surface area contributed by atoms with Gasteiger partial charge in [0, 0.05) is 19.4 Å². The number of unbranched alkanes of at least 4 members (excludes halogenated alkanes) is 22. The lowest BCUT2D eigenvalue weighted by Gasteiger charge is -2.19. The number of hydrogen-bond acceptors (Lipinski definition) is 8. The van der Waals surface area contributed by atoms with Gasteiger partial charge in [0.15, 0.2) is 6.10 Å². The van der Waals surface area contributed by atoms with Crippen molar-refractivity contribution >= 4 is 19.8 Å². The summed E-state index contributed by atoms with van der Waals surface area (Å²) in [6, 6.07) is 0. The summed E-state index contributed by atoms with van der Waals surface area (Å²) in [6.45, 7) is 3.50. The van der Waals surface area contributed by atoms with Crippen molar-refractivity contribution in [2.24, 2.45) is 5.73 Å². The summed E-state index contributed by atoms with van der Waals surface area (Å²) in [5, 5.41) is 0. The number of hydrogen-bond donors (Lipinski definition) is 2. The molecule has 0 rings (SSSR count). The van der Waals surface area contributed by atoms with E-state index in [1.165, 1.54) is 96.3 Å². The fraction of sp³-hybridized carbons (Fsp3) is 0.590. The summed E-state index contributed by atoms with van der Waals surface area (Å²) in [5.74, 6) is -0.845. The van der Waals surface area contributed by atoms with Gasteiger partial charge in [0.25, 0.3) is 0 Å². The molecule has 0 amide bonds. The molecule has 0 saturated carbocycles. The Morgan fingerprint density at radius 2 is 0.559 bits per heavy atom. The maximum atomic E-state index is 12.8. The van der Waals surface area contributed by atoms with Crippen LogP contribution in [0.2, 0.25) is 0 Å². The van der Waals surface area contributed by atoms with Gasteiger partial charge in [-0.05, 0) is 141 Å². The second kappa shape index (κ2) is 75.9. The summed E-state index contributed by atoms with van der Waals surface area (Å²) in [4.78, 5) is 35.4. The Balaban J connectivity index is 3.95. The van der Waals surface area contributed by atoms with Crippen LogP contribution in [0.25, 0.3) is 0 Å². The first-order valence-electron chi connectivity index (χ1n) is 36.9. The lowest BCUT2D eigenvalue weighted by Crippen LogP contribution is -2.29. The molecular formula is C83H134NO8P. The number of phosphoric ester groups is 1. The van der Waals surface area contributed by atoms with E-state index in [2.05, 4.69) is 208 Å². The highest BCUT2D eigenvalue weighted by Gasteiger charge is 2.26. The molecule has 0 fully saturated rings. The molecule has 0 radical (unpaired) electrons. The lowest BCUT2D eigenvalue weighted by molar-refractivity contribution is -0.161. The highest BCUT2D eigenvalue weighted by Crippen LogP contribution is 2.43. The van der Waals surface area contributed by atoms with Crippen LogP contribution in [-0.2, 0) is 32.7 Å². The largest absolute Gasteiger partial charge is 0.472 e. The first-order chi connectivity index (χ1) is 45.8. The molecule has 0 heterocycles. The van der Waals surface area contributed by atoms with E-state index in [4.69, 9.17) is 24.3 Å². The Morgan fingerprint density at radius 1 is 0.323 bits per heavy atom. The average Bonchev–Trinajstić information content (AvgIpc) is 3.60. The van der Waals surface area contributed by atoms with Crippen molar-refractivity contribution < 1.29 is 37.6 Å². The van der Waals surface area contributed by atoms with Crippen molar-refractivity contribution in [3.63, 3.8) is 0 Å². The van der Waals surface area contributed by atoms with Crippen LogP contribution in [0, 0.1) is 0 Å².